The van der Waals surface area contributed by atoms with E-state index < -0.39 is 0 Å². The molecular formula is C14H27NO2. The van der Waals surface area contributed by atoms with E-state index >= 15 is 0 Å². The lowest BCUT2D eigenvalue weighted by atomic mass is 10.00. The maximum Gasteiger partial charge on any atom is 0.0732 e. The first-order valence-electron chi connectivity index (χ1n) is 7.24. The fourth-order valence-corrected chi connectivity index (χ4v) is 3.08. The zero-order valence-electron chi connectivity index (χ0n) is 11.3. The largest absolute Gasteiger partial charge is 0.378 e. The summed E-state index contributed by atoms with van der Waals surface area (Å²) < 4.78 is 11.6. The minimum absolute atomic E-state index is 0.430. The number of nitrogens with one attached hydrogen (secondary N) is 1. The molecule has 0 bridgehead atoms. The average molecular weight is 241 g/mol. The minimum atomic E-state index is 0.430. The Morgan fingerprint density at radius 2 is 2.18 bits per heavy atom. The molecule has 4 unspecified atom stereocenters. The Labute approximate surface area is 105 Å². The molecule has 2 fully saturated rings. The van der Waals surface area contributed by atoms with E-state index in [1.807, 2.05) is 0 Å². The smallest absolute Gasteiger partial charge is 0.0732 e. The molecule has 2 saturated heterocycles. The van der Waals surface area contributed by atoms with E-state index in [9.17, 15) is 0 Å². The van der Waals surface area contributed by atoms with Crippen LogP contribution in [0.3, 0.4) is 0 Å². The number of hydrogen-bond acceptors (Lipinski definition) is 3. The van der Waals surface area contributed by atoms with Crippen molar-refractivity contribution in [1.82, 2.24) is 5.32 Å². The third-order valence-corrected chi connectivity index (χ3v) is 4.15. The Kier molecular flexibility index (Phi) is 5.26. The van der Waals surface area contributed by atoms with Gasteiger partial charge in [-0.1, -0.05) is 0 Å². The Bertz CT molecular complexity index is 216. The van der Waals surface area contributed by atoms with Crippen molar-refractivity contribution in [2.45, 2.75) is 76.2 Å². The van der Waals surface area contributed by atoms with Crippen molar-refractivity contribution < 1.29 is 9.47 Å². The lowest BCUT2D eigenvalue weighted by Crippen LogP contribution is -2.37. The fourth-order valence-electron chi connectivity index (χ4n) is 3.08. The van der Waals surface area contributed by atoms with Crippen molar-refractivity contribution in [3.05, 3.63) is 0 Å². The summed E-state index contributed by atoms with van der Waals surface area (Å²) in [6.45, 7) is 3.16. The summed E-state index contributed by atoms with van der Waals surface area (Å²) in [7, 11) is 2.06. The second-order valence-corrected chi connectivity index (χ2v) is 5.52. The number of ether oxygens (including phenoxy) is 2. The molecule has 0 saturated carbocycles. The van der Waals surface area contributed by atoms with Crippen LogP contribution in [0.15, 0.2) is 0 Å². The van der Waals surface area contributed by atoms with Crippen LogP contribution < -0.4 is 5.32 Å². The van der Waals surface area contributed by atoms with Crippen LogP contribution in [0, 0.1) is 0 Å². The summed E-state index contributed by atoms with van der Waals surface area (Å²) in [5.41, 5.74) is 0. The minimum Gasteiger partial charge on any atom is -0.378 e. The highest BCUT2D eigenvalue weighted by Crippen LogP contribution is 2.25. The van der Waals surface area contributed by atoms with Gasteiger partial charge in [0, 0.05) is 12.6 Å². The third kappa shape index (κ3) is 3.94. The summed E-state index contributed by atoms with van der Waals surface area (Å²) in [4.78, 5) is 0. The van der Waals surface area contributed by atoms with Gasteiger partial charge >= 0.3 is 0 Å². The molecule has 0 aromatic carbocycles. The molecule has 3 heteroatoms. The third-order valence-electron chi connectivity index (χ3n) is 4.15. The van der Waals surface area contributed by atoms with Crippen molar-refractivity contribution in [3.63, 3.8) is 0 Å². The van der Waals surface area contributed by atoms with Crippen molar-refractivity contribution in [2.24, 2.45) is 0 Å². The molecule has 17 heavy (non-hydrogen) atoms. The van der Waals surface area contributed by atoms with Gasteiger partial charge in [-0.15, -0.1) is 0 Å². The van der Waals surface area contributed by atoms with Crippen LogP contribution >= 0.6 is 0 Å². The monoisotopic (exact) mass is 241 g/mol. The molecule has 2 rings (SSSR count). The highest BCUT2D eigenvalue weighted by atomic mass is 16.5. The Morgan fingerprint density at radius 1 is 1.29 bits per heavy atom. The van der Waals surface area contributed by atoms with Gasteiger partial charge < -0.3 is 14.8 Å². The van der Waals surface area contributed by atoms with E-state index in [1.165, 1.54) is 44.9 Å². The molecule has 2 heterocycles. The first kappa shape index (κ1) is 13.3. The standard InChI is InChI=1S/C14H27NO2/c1-11-8-9-14(17-11)13(15-2)7-3-5-12-6-4-10-16-12/h11-15H,3-10H2,1-2H3. The van der Waals surface area contributed by atoms with Crippen LogP contribution in [0.2, 0.25) is 0 Å². The number of hydrogen-bond donors (Lipinski definition) is 1. The molecule has 4 atom stereocenters. The topological polar surface area (TPSA) is 30.5 Å². The molecule has 2 aliphatic rings. The van der Waals surface area contributed by atoms with E-state index in [1.54, 1.807) is 0 Å². The van der Waals surface area contributed by atoms with E-state index in [0.29, 0.717) is 24.4 Å². The molecule has 0 spiro atoms. The van der Waals surface area contributed by atoms with Crippen LogP contribution in [-0.4, -0.2) is 38.0 Å². The highest BCUT2D eigenvalue weighted by molar-refractivity contribution is 4.82. The van der Waals surface area contributed by atoms with Crippen LogP contribution in [-0.2, 0) is 9.47 Å². The lowest BCUT2D eigenvalue weighted by Gasteiger charge is -2.23. The zero-order chi connectivity index (χ0) is 12.1. The van der Waals surface area contributed by atoms with Gasteiger partial charge in [-0.05, 0) is 58.9 Å². The second-order valence-electron chi connectivity index (χ2n) is 5.52. The van der Waals surface area contributed by atoms with Gasteiger partial charge in [-0.25, -0.2) is 0 Å². The molecule has 0 amide bonds. The molecule has 3 nitrogen and oxygen atoms in total. The van der Waals surface area contributed by atoms with E-state index in [-0.39, 0.29) is 0 Å². The summed E-state index contributed by atoms with van der Waals surface area (Å²) in [6, 6.07) is 0.529. The Morgan fingerprint density at radius 3 is 2.76 bits per heavy atom. The van der Waals surface area contributed by atoms with Gasteiger partial charge in [-0.2, -0.15) is 0 Å². The van der Waals surface area contributed by atoms with Gasteiger partial charge in [0.2, 0.25) is 0 Å². The number of rotatable bonds is 6. The lowest BCUT2D eigenvalue weighted by molar-refractivity contribution is 0.0297. The van der Waals surface area contributed by atoms with Gasteiger partial charge in [0.1, 0.15) is 0 Å². The first-order chi connectivity index (χ1) is 8.29. The van der Waals surface area contributed by atoms with Gasteiger partial charge in [-0.3, -0.25) is 0 Å². The average Bonchev–Trinajstić information content (AvgIpc) is 2.96. The maximum absolute atomic E-state index is 5.94. The maximum atomic E-state index is 5.94. The fraction of sp³-hybridized carbons (Fsp3) is 1.00. The quantitative estimate of drug-likeness (QED) is 0.775. The molecule has 100 valence electrons. The first-order valence-corrected chi connectivity index (χ1v) is 7.24. The van der Waals surface area contributed by atoms with Gasteiger partial charge in [0.25, 0.3) is 0 Å². The number of likely N-dealkylation sites (N-methyl/N-ethyl adjacent to an activating group) is 1. The predicted molar refractivity (Wildman–Crippen MR) is 69.2 cm³/mol. The molecule has 2 aliphatic heterocycles. The van der Waals surface area contributed by atoms with Crippen molar-refractivity contribution in [2.75, 3.05) is 13.7 Å². The van der Waals surface area contributed by atoms with Crippen molar-refractivity contribution >= 4 is 0 Å². The van der Waals surface area contributed by atoms with Crippen LogP contribution in [0.4, 0.5) is 0 Å². The summed E-state index contributed by atoms with van der Waals surface area (Å²) in [5.74, 6) is 0. The van der Waals surface area contributed by atoms with Crippen LogP contribution in [0.1, 0.15) is 51.9 Å². The highest BCUT2D eigenvalue weighted by Gasteiger charge is 2.28. The van der Waals surface area contributed by atoms with Crippen molar-refractivity contribution in [3.8, 4) is 0 Å². The van der Waals surface area contributed by atoms with E-state index in [2.05, 4.69) is 19.3 Å². The molecule has 1 N–H and O–H groups in total. The molecule has 0 aliphatic carbocycles. The summed E-state index contributed by atoms with van der Waals surface area (Å²) in [5, 5.41) is 3.42. The molecule has 0 aromatic rings. The summed E-state index contributed by atoms with van der Waals surface area (Å²) >= 11 is 0. The molecule has 0 aromatic heterocycles. The Hall–Kier alpha value is -0.120. The zero-order valence-corrected chi connectivity index (χ0v) is 11.3. The summed E-state index contributed by atoms with van der Waals surface area (Å²) in [6.07, 6.45) is 10.1. The molecule has 0 radical (unpaired) electrons. The van der Waals surface area contributed by atoms with E-state index in [4.69, 9.17) is 9.47 Å². The van der Waals surface area contributed by atoms with Gasteiger partial charge in [0.05, 0.1) is 18.3 Å². The van der Waals surface area contributed by atoms with Crippen LogP contribution in [0.25, 0.3) is 0 Å². The Balaban J connectivity index is 1.64. The normalized spacial score (nSPS) is 35.3. The predicted octanol–water partition coefficient (Wildman–Crippen LogP) is 2.49. The molecular weight excluding hydrogens is 214 g/mol. The van der Waals surface area contributed by atoms with Crippen LogP contribution in [0.5, 0.6) is 0 Å². The van der Waals surface area contributed by atoms with Gasteiger partial charge in [0.15, 0.2) is 0 Å². The SMILES string of the molecule is CNC(CCCC1CCCO1)C1CCC(C)O1. The second kappa shape index (κ2) is 6.72. The van der Waals surface area contributed by atoms with E-state index in [0.717, 1.165) is 6.61 Å². The van der Waals surface area contributed by atoms with Crippen molar-refractivity contribution in [1.29, 1.82) is 0 Å².